The SMILES string of the molecule is CCN(CC)C(=O)CNc1ccnc(N)c1. The summed E-state index contributed by atoms with van der Waals surface area (Å²) in [4.78, 5) is 17.3. The minimum Gasteiger partial charge on any atom is -0.384 e. The van der Waals surface area contributed by atoms with Gasteiger partial charge in [-0.3, -0.25) is 4.79 Å². The van der Waals surface area contributed by atoms with E-state index in [9.17, 15) is 4.79 Å². The monoisotopic (exact) mass is 222 g/mol. The summed E-state index contributed by atoms with van der Waals surface area (Å²) in [6.45, 7) is 5.67. The molecule has 5 heteroatoms. The Balaban J connectivity index is 2.48. The number of carbonyl (C=O) groups is 1. The second-order valence-electron chi connectivity index (χ2n) is 3.39. The van der Waals surface area contributed by atoms with Gasteiger partial charge in [-0.2, -0.15) is 0 Å². The van der Waals surface area contributed by atoms with Gasteiger partial charge in [0.1, 0.15) is 5.82 Å². The summed E-state index contributed by atoms with van der Waals surface area (Å²) in [7, 11) is 0. The number of carbonyl (C=O) groups excluding carboxylic acids is 1. The van der Waals surface area contributed by atoms with Gasteiger partial charge in [-0.15, -0.1) is 0 Å². The number of rotatable bonds is 5. The molecule has 0 spiro atoms. The molecule has 0 radical (unpaired) electrons. The lowest BCUT2D eigenvalue weighted by Gasteiger charge is -2.19. The van der Waals surface area contributed by atoms with Gasteiger partial charge in [0, 0.05) is 31.0 Å². The molecule has 0 atom stereocenters. The molecule has 1 aromatic rings. The maximum atomic E-state index is 11.7. The molecule has 3 N–H and O–H groups in total. The predicted octanol–water partition coefficient (Wildman–Crippen LogP) is 0.944. The largest absolute Gasteiger partial charge is 0.384 e. The van der Waals surface area contributed by atoms with E-state index in [1.807, 2.05) is 13.8 Å². The highest BCUT2D eigenvalue weighted by molar-refractivity contribution is 5.80. The molecule has 1 rings (SSSR count). The van der Waals surface area contributed by atoms with Crippen LogP contribution in [0.5, 0.6) is 0 Å². The normalized spacial score (nSPS) is 9.88. The average molecular weight is 222 g/mol. The van der Waals surface area contributed by atoms with Crippen LogP contribution in [0, 0.1) is 0 Å². The van der Waals surface area contributed by atoms with Crippen molar-refractivity contribution in [3.8, 4) is 0 Å². The van der Waals surface area contributed by atoms with E-state index >= 15 is 0 Å². The smallest absolute Gasteiger partial charge is 0.241 e. The molecule has 0 aromatic carbocycles. The van der Waals surface area contributed by atoms with E-state index in [0.29, 0.717) is 5.82 Å². The van der Waals surface area contributed by atoms with Crippen LogP contribution in [0.3, 0.4) is 0 Å². The van der Waals surface area contributed by atoms with Gasteiger partial charge in [0.05, 0.1) is 6.54 Å². The highest BCUT2D eigenvalue weighted by Crippen LogP contribution is 2.08. The topological polar surface area (TPSA) is 71.2 Å². The van der Waals surface area contributed by atoms with Gasteiger partial charge in [0.25, 0.3) is 0 Å². The van der Waals surface area contributed by atoms with E-state index < -0.39 is 0 Å². The third-order valence-corrected chi connectivity index (χ3v) is 2.34. The van der Waals surface area contributed by atoms with Crippen LogP contribution in [-0.2, 0) is 4.79 Å². The summed E-state index contributed by atoms with van der Waals surface area (Å²) in [6, 6.07) is 3.49. The highest BCUT2D eigenvalue weighted by Gasteiger charge is 2.08. The van der Waals surface area contributed by atoms with E-state index in [0.717, 1.165) is 18.8 Å². The molecule has 16 heavy (non-hydrogen) atoms. The number of hydrogen-bond donors (Lipinski definition) is 2. The van der Waals surface area contributed by atoms with E-state index in [1.165, 1.54) is 0 Å². The van der Waals surface area contributed by atoms with Crippen LogP contribution < -0.4 is 11.1 Å². The number of likely N-dealkylation sites (N-methyl/N-ethyl adjacent to an activating group) is 1. The van der Waals surface area contributed by atoms with Gasteiger partial charge in [-0.05, 0) is 19.9 Å². The molecule has 5 nitrogen and oxygen atoms in total. The predicted molar refractivity (Wildman–Crippen MR) is 65.1 cm³/mol. The fourth-order valence-corrected chi connectivity index (χ4v) is 1.42. The Morgan fingerprint density at radius 2 is 2.19 bits per heavy atom. The van der Waals surface area contributed by atoms with Crippen molar-refractivity contribution in [3.05, 3.63) is 18.3 Å². The Labute approximate surface area is 95.7 Å². The number of nitrogens with two attached hydrogens (primary N) is 1. The minimum absolute atomic E-state index is 0.0837. The zero-order valence-corrected chi connectivity index (χ0v) is 9.73. The van der Waals surface area contributed by atoms with Crippen molar-refractivity contribution < 1.29 is 4.79 Å². The van der Waals surface area contributed by atoms with Gasteiger partial charge in [-0.25, -0.2) is 4.98 Å². The summed E-state index contributed by atoms with van der Waals surface area (Å²) in [5.41, 5.74) is 6.34. The number of amides is 1. The summed E-state index contributed by atoms with van der Waals surface area (Å²) in [5, 5.41) is 3.02. The summed E-state index contributed by atoms with van der Waals surface area (Å²) < 4.78 is 0. The maximum Gasteiger partial charge on any atom is 0.241 e. The zero-order chi connectivity index (χ0) is 12.0. The third kappa shape index (κ3) is 3.42. The summed E-state index contributed by atoms with van der Waals surface area (Å²) >= 11 is 0. The Kier molecular flexibility index (Phi) is 4.57. The number of nitrogens with one attached hydrogen (secondary N) is 1. The zero-order valence-electron chi connectivity index (χ0n) is 9.73. The van der Waals surface area contributed by atoms with Crippen molar-refractivity contribution in [1.82, 2.24) is 9.88 Å². The van der Waals surface area contributed by atoms with Crippen LogP contribution in [0.25, 0.3) is 0 Å². The number of nitrogens with zero attached hydrogens (tertiary/aromatic N) is 2. The van der Waals surface area contributed by atoms with Gasteiger partial charge in [0.2, 0.25) is 5.91 Å². The fraction of sp³-hybridized carbons (Fsp3) is 0.455. The van der Waals surface area contributed by atoms with Crippen molar-refractivity contribution in [2.75, 3.05) is 30.7 Å². The molecule has 1 aromatic heterocycles. The molecular formula is C11H18N4O. The van der Waals surface area contributed by atoms with Crippen molar-refractivity contribution in [2.45, 2.75) is 13.8 Å². The molecule has 0 saturated heterocycles. The first-order valence-corrected chi connectivity index (χ1v) is 5.40. The van der Waals surface area contributed by atoms with Crippen LogP contribution in [0.4, 0.5) is 11.5 Å². The molecule has 0 saturated carbocycles. The standard InChI is InChI=1S/C11H18N4O/c1-3-15(4-2)11(16)8-14-9-5-6-13-10(12)7-9/h5-7H,3-4,8H2,1-2H3,(H3,12,13,14). The van der Waals surface area contributed by atoms with Gasteiger partial charge >= 0.3 is 0 Å². The molecular weight excluding hydrogens is 204 g/mol. The molecule has 88 valence electrons. The van der Waals surface area contributed by atoms with Crippen LogP contribution in [0.15, 0.2) is 18.3 Å². The van der Waals surface area contributed by atoms with Crippen LogP contribution in [0.1, 0.15) is 13.8 Å². The van der Waals surface area contributed by atoms with Crippen molar-refractivity contribution in [3.63, 3.8) is 0 Å². The lowest BCUT2D eigenvalue weighted by Crippen LogP contribution is -2.35. The first kappa shape index (κ1) is 12.3. The number of pyridine rings is 1. The second kappa shape index (κ2) is 5.95. The highest BCUT2D eigenvalue weighted by atomic mass is 16.2. The maximum absolute atomic E-state index is 11.7. The Morgan fingerprint density at radius 1 is 1.50 bits per heavy atom. The number of anilines is 2. The van der Waals surface area contributed by atoms with Crippen LogP contribution in [0.2, 0.25) is 0 Å². The molecule has 1 heterocycles. The van der Waals surface area contributed by atoms with Crippen molar-refractivity contribution >= 4 is 17.4 Å². The molecule has 0 bridgehead atoms. The third-order valence-electron chi connectivity index (χ3n) is 2.34. The van der Waals surface area contributed by atoms with E-state index in [-0.39, 0.29) is 12.5 Å². The van der Waals surface area contributed by atoms with Gasteiger partial charge in [-0.1, -0.05) is 0 Å². The number of nitrogen functional groups attached to an aromatic ring is 1. The van der Waals surface area contributed by atoms with Crippen molar-refractivity contribution in [2.24, 2.45) is 0 Å². The Morgan fingerprint density at radius 3 is 2.75 bits per heavy atom. The number of aromatic nitrogens is 1. The van der Waals surface area contributed by atoms with Crippen LogP contribution >= 0.6 is 0 Å². The van der Waals surface area contributed by atoms with Crippen LogP contribution in [-0.4, -0.2) is 35.4 Å². The second-order valence-corrected chi connectivity index (χ2v) is 3.39. The van der Waals surface area contributed by atoms with E-state index in [1.54, 1.807) is 23.2 Å². The average Bonchev–Trinajstić information content (AvgIpc) is 2.28. The lowest BCUT2D eigenvalue weighted by atomic mass is 10.3. The molecule has 0 fully saturated rings. The molecule has 0 aliphatic heterocycles. The minimum atomic E-state index is 0.0837. The first-order valence-electron chi connectivity index (χ1n) is 5.40. The molecule has 0 aliphatic carbocycles. The van der Waals surface area contributed by atoms with Gasteiger partial charge in [0.15, 0.2) is 0 Å². The van der Waals surface area contributed by atoms with E-state index in [4.69, 9.17) is 5.73 Å². The van der Waals surface area contributed by atoms with E-state index in [2.05, 4.69) is 10.3 Å². The molecule has 0 aliphatic rings. The quantitative estimate of drug-likeness (QED) is 0.778. The number of hydrogen-bond acceptors (Lipinski definition) is 4. The summed E-state index contributed by atoms with van der Waals surface area (Å²) in [5.74, 6) is 0.528. The summed E-state index contributed by atoms with van der Waals surface area (Å²) in [6.07, 6.45) is 1.61. The molecule has 0 unspecified atom stereocenters. The first-order chi connectivity index (χ1) is 7.67. The Bertz CT molecular complexity index is 350. The lowest BCUT2D eigenvalue weighted by molar-refractivity contribution is -0.128. The molecule has 1 amide bonds. The fourth-order valence-electron chi connectivity index (χ4n) is 1.42. The van der Waals surface area contributed by atoms with Gasteiger partial charge < -0.3 is 16.0 Å². The Hall–Kier alpha value is -1.78. The van der Waals surface area contributed by atoms with Crippen molar-refractivity contribution in [1.29, 1.82) is 0 Å².